The molecular formula is C20H16N4O3S. The van der Waals surface area contributed by atoms with Crippen molar-refractivity contribution in [2.75, 3.05) is 6.61 Å². The van der Waals surface area contributed by atoms with Gasteiger partial charge in [-0.2, -0.15) is 9.50 Å². The van der Waals surface area contributed by atoms with Gasteiger partial charge in [0.05, 0.1) is 4.53 Å². The third-order valence-corrected chi connectivity index (χ3v) is 5.01. The van der Waals surface area contributed by atoms with Gasteiger partial charge in [0.1, 0.15) is 5.75 Å². The quantitative estimate of drug-likeness (QED) is 0.555. The van der Waals surface area contributed by atoms with Crippen LogP contribution in [0.3, 0.4) is 0 Å². The Morgan fingerprint density at radius 3 is 2.54 bits per heavy atom. The minimum Gasteiger partial charge on any atom is -0.484 e. The predicted octanol–water partition coefficient (Wildman–Crippen LogP) is 1.54. The van der Waals surface area contributed by atoms with Gasteiger partial charge in [0, 0.05) is 5.56 Å². The Hall–Kier alpha value is -3.52. The summed E-state index contributed by atoms with van der Waals surface area (Å²) in [5.74, 6) is 0.528. The van der Waals surface area contributed by atoms with E-state index in [0.717, 1.165) is 16.7 Å². The highest BCUT2D eigenvalue weighted by atomic mass is 32.1. The zero-order chi connectivity index (χ0) is 19.7. The lowest BCUT2D eigenvalue weighted by atomic mass is 10.1. The number of fused-ring (bicyclic) bond motifs is 1. The smallest absolute Gasteiger partial charge is 0.291 e. The summed E-state index contributed by atoms with van der Waals surface area (Å²) in [6.07, 6.45) is 1.77. The van der Waals surface area contributed by atoms with Gasteiger partial charge in [-0.25, -0.2) is 0 Å². The lowest BCUT2D eigenvalue weighted by Crippen LogP contribution is -2.23. The maximum atomic E-state index is 12.6. The number of hydrogen-bond donors (Lipinski definition) is 1. The molecule has 4 rings (SSSR count). The number of ether oxygens (including phenoxy) is 1. The summed E-state index contributed by atoms with van der Waals surface area (Å²) < 4.78 is 7.09. The van der Waals surface area contributed by atoms with Crippen LogP contribution >= 0.6 is 11.3 Å². The molecule has 0 aliphatic rings. The number of rotatable bonds is 5. The summed E-state index contributed by atoms with van der Waals surface area (Å²) in [4.78, 5) is 28.4. The van der Waals surface area contributed by atoms with Crippen molar-refractivity contribution >= 4 is 28.3 Å². The number of amides is 1. The molecule has 0 aliphatic heterocycles. The van der Waals surface area contributed by atoms with Gasteiger partial charge in [-0.05, 0) is 30.7 Å². The fourth-order valence-corrected chi connectivity index (χ4v) is 3.53. The van der Waals surface area contributed by atoms with Crippen LogP contribution in [-0.4, -0.2) is 27.1 Å². The minimum absolute atomic E-state index is 0.176. The molecule has 2 heterocycles. The molecule has 0 saturated heterocycles. The van der Waals surface area contributed by atoms with E-state index in [4.69, 9.17) is 10.5 Å². The molecule has 4 aromatic rings. The SMILES string of the molecule is Cc1ccc(-c2nc3s/c(=C\c4ccc(OCC(N)=O)cc4)c(=O)n3n2)cc1. The zero-order valence-electron chi connectivity index (χ0n) is 15.0. The summed E-state index contributed by atoms with van der Waals surface area (Å²) in [7, 11) is 0. The summed E-state index contributed by atoms with van der Waals surface area (Å²) in [6, 6.07) is 14.9. The first-order valence-corrected chi connectivity index (χ1v) is 9.31. The Kier molecular flexibility index (Phi) is 4.62. The van der Waals surface area contributed by atoms with E-state index < -0.39 is 5.91 Å². The average molecular weight is 392 g/mol. The van der Waals surface area contributed by atoms with E-state index in [-0.39, 0.29) is 12.2 Å². The van der Waals surface area contributed by atoms with Gasteiger partial charge in [-0.3, -0.25) is 9.59 Å². The van der Waals surface area contributed by atoms with Crippen molar-refractivity contribution in [3.05, 3.63) is 74.5 Å². The molecule has 2 N–H and O–H groups in total. The molecule has 7 nitrogen and oxygen atoms in total. The minimum atomic E-state index is -0.536. The van der Waals surface area contributed by atoms with Crippen LogP contribution in [0, 0.1) is 6.92 Å². The molecule has 0 fully saturated rings. The number of thiazole rings is 1. The van der Waals surface area contributed by atoms with Crippen molar-refractivity contribution in [3.8, 4) is 17.1 Å². The topological polar surface area (TPSA) is 99.6 Å². The molecule has 8 heteroatoms. The van der Waals surface area contributed by atoms with E-state index in [9.17, 15) is 9.59 Å². The van der Waals surface area contributed by atoms with E-state index in [2.05, 4.69) is 10.1 Å². The number of carbonyl (C=O) groups is 1. The highest BCUT2D eigenvalue weighted by Crippen LogP contribution is 2.17. The van der Waals surface area contributed by atoms with E-state index in [1.807, 2.05) is 31.2 Å². The Morgan fingerprint density at radius 2 is 1.89 bits per heavy atom. The van der Waals surface area contributed by atoms with Gasteiger partial charge < -0.3 is 10.5 Å². The number of carbonyl (C=O) groups excluding carboxylic acids is 1. The van der Waals surface area contributed by atoms with Gasteiger partial charge in [-0.1, -0.05) is 53.3 Å². The van der Waals surface area contributed by atoms with Gasteiger partial charge in [-0.15, -0.1) is 5.10 Å². The summed E-state index contributed by atoms with van der Waals surface area (Å²) in [6.45, 7) is 1.84. The molecule has 0 aliphatic carbocycles. The third kappa shape index (κ3) is 3.63. The van der Waals surface area contributed by atoms with Crippen LogP contribution in [0.1, 0.15) is 11.1 Å². The van der Waals surface area contributed by atoms with Gasteiger partial charge in [0.15, 0.2) is 12.4 Å². The van der Waals surface area contributed by atoms with E-state index in [1.165, 1.54) is 15.9 Å². The number of benzene rings is 2. The van der Waals surface area contributed by atoms with Gasteiger partial charge in [0.25, 0.3) is 11.5 Å². The van der Waals surface area contributed by atoms with Crippen molar-refractivity contribution < 1.29 is 9.53 Å². The van der Waals surface area contributed by atoms with Crippen LogP contribution in [0.4, 0.5) is 0 Å². The Balaban J connectivity index is 1.63. The molecule has 2 aromatic carbocycles. The fraction of sp³-hybridized carbons (Fsp3) is 0.100. The lowest BCUT2D eigenvalue weighted by Gasteiger charge is -2.03. The zero-order valence-corrected chi connectivity index (χ0v) is 15.8. The third-order valence-electron chi connectivity index (χ3n) is 4.05. The number of aromatic nitrogens is 3. The second-order valence-corrected chi connectivity index (χ2v) is 7.24. The molecule has 0 atom stereocenters. The number of primary amides is 1. The van der Waals surface area contributed by atoms with Crippen LogP contribution < -0.4 is 20.6 Å². The van der Waals surface area contributed by atoms with Gasteiger partial charge >= 0.3 is 0 Å². The molecular weight excluding hydrogens is 376 g/mol. The molecule has 2 aromatic heterocycles. The summed E-state index contributed by atoms with van der Waals surface area (Å²) >= 11 is 1.28. The van der Waals surface area contributed by atoms with Crippen LogP contribution in [-0.2, 0) is 4.79 Å². The number of hydrogen-bond acceptors (Lipinski definition) is 6. The van der Waals surface area contributed by atoms with Crippen molar-refractivity contribution in [2.45, 2.75) is 6.92 Å². The molecule has 0 bridgehead atoms. The van der Waals surface area contributed by atoms with Crippen molar-refractivity contribution in [1.82, 2.24) is 14.6 Å². The molecule has 0 spiro atoms. The molecule has 0 saturated carbocycles. The summed E-state index contributed by atoms with van der Waals surface area (Å²) in [5, 5.41) is 4.35. The first-order chi connectivity index (χ1) is 13.5. The van der Waals surface area contributed by atoms with E-state index in [0.29, 0.717) is 21.1 Å². The molecule has 0 unspecified atom stereocenters. The maximum absolute atomic E-state index is 12.6. The Morgan fingerprint density at radius 1 is 1.18 bits per heavy atom. The first-order valence-electron chi connectivity index (χ1n) is 8.49. The van der Waals surface area contributed by atoms with Crippen molar-refractivity contribution in [2.24, 2.45) is 5.73 Å². The van der Waals surface area contributed by atoms with Crippen molar-refractivity contribution in [3.63, 3.8) is 0 Å². The Labute approximate surface area is 163 Å². The average Bonchev–Trinajstić information content (AvgIpc) is 3.22. The van der Waals surface area contributed by atoms with E-state index in [1.54, 1.807) is 30.3 Å². The molecule has 28 heavy (non-hydrogen) atoms. The summed E-state index contributed by atoms with van der Waals surface area (Å²) in [5.41, 5.74) is 7.69. The Bertz CT molecular complexity index is 1260. The normalized spacial score (nSPS) is 11.8. The lowest BCUT2D eigenvalue weighted by molar-refractivity contribution is -0.119. The highest BCUT2D eigenvalue weighted by Gasteiger charge is 2.11. The van der Waals surface area contributed by atoms with Crippen LogP contribution in [0.5, 0.6) is 5.75 Å². The first kappa shape index (κ1) is 17.9. The second-order valence-electron chi connectivity index (χ2n) is 6.24. The molecule has 140 valence electrons. The van der Waals surface area contributed by atoms with Crippen LogP contribution in [0.15, 0.2) is 53.3 Å². The number of aryl methyl sites for hydroxylation is 1. The number of nitrogens with two attached hydrogens (primary N) is 1. The maximum Gasteiger partial charge on any atom is 0.291 e. The highest BCUT2D eigenvalue weighted by molar-refractivity contribution is 7.15. The second kappa shape index (κ2) is 7.24. The standard InChI is InChI=1S/C20H16N4O3S/c1-12-2-6-14(7-3-12)18-22-20-24(23-18)19(26)16(28-20)10-13-4-8-15(9-5-13)27-11-17(21)25/h2-10H,11H2,1H3,(H2,21,25)/b16-10-. The predicted molar refractivity (Wildman–Crippen MR) is 107 cm³/mol. The monoisotopic (exact) mass is 392 g/mol. The van der Waals surface area contributed by atoms with Crippen molar-refractivity contribution in [1.29, 1.82) is 0 Å². The number of nitrogens with zero attached hydrogens (tertiary/aromatic N) is 3. The molecule has 0 radical (unpaired) electrons. The van der Waals surface area contributed by atoms with Gasteiger partial charge in [0.2, 0.25) is 4.96 Å². The van der Waals surface area contributed by atoms with E-state index >= 15 is 0 Å². The molecule has 1 amide bonds. The van der Waals surface area contributed by atoms with Crippen LogP contribution in [0.25, 0.3) is 22.4 Å². The largest absolute Gasteiger partial charge is 0.484 e. The van der Waals surface area contributed by atoms with Crippen LogP contribution in [0.2, 0.25) is 0 Å². The fourth-order valence-electron chi connectivity index (χ4n) is 2.62.